The van der Waals surface area contributed by atoms with Crippen LogP contribution < -0.4 is 22.9 Å². The van der Waals surface area contributed by atoms with E-state index < -0.39 is 24.0 Å². The molecule has 1 radical (unpaired) electrons. The summed E-state index contributed by atoms with van der Waals surface area (Å²) in [5.74, 6) is -1.87. The summed E-state index contributed by atoms with van der Waals surface area (Å²) >= 11 is 0. The van der Waals surface area contributed by atoms with Crippen LogP contribution in [0.4, 0.5) is 0 Å². The van der Waals surface area contributed by atoms with E-state index in [1.54, 1.807) is 0 Å². The van der Waals surface area contributed by atoms with Gasteiger partial charge in [-0.3, -0.25) is 9.59 Å². The maximum absolute atomic E-state index is 10.1. The van der Waals surface area contributed by atoms with Crippen molar-refractivity contribution in [3.8, 4) is 0 Å². The summed E-state index contributed by atoms with van der Waals surface area (Å²) in [6.07, 6.45) is 4.33. The van der Waals surface area contributed by atoms with Gasteiger partial charge in [0.25, 0.3) is 0 Å². The van der Waals surface area contributed by atoms with E-state index in [4.69, 9.17) is 33.1 Å². The van der Waals surface area contributed by atoms with Crippen LogP contribution >= 0.6 is 0 Å². The zero-order valence-electron chi connectivity index (χ0n) is 12.1. The first kappa shape index (κ1) is 25.3. The number of carboxylic acids is 2. The summed E-state index contributed by atoms with van der Waals surface area (Å²) in [7, 11) is 0. The fourth-order valence-corrected chi connectivity index (χ4v) is 1.26. The van der Waals surface area contributed by atoms with E-state index in [0.717, 1.165) is 25.7 Å². The molecule has 21 heavy (non-hydrogen) atoms. The molecule has 0 rings (SSSR count). The molecule has 0 saturated carbocycles. The van der Waals surface area contributed by atoms with Crippen molar-refractivity contribution < 1.29 is 36.9 Å². The van der Waals surface area contributed by atoms with Gasteiger partial charge in [-0.15, -0.1) is 0 Å². The molecule has 0 bridgehead atoms. The van der Waals surface area contributed by atoms with Crippen molar-refractivity contribution in [3.63, 3.8) is 0 Å². The Hall–Kier alpha value is -0.701. The van der Waals surface area contributed by atoms with Crippen LogP contribution in [-0.2, 0) is 26.7 Å². The summed E-state index contributed by atoms with van der Waals surface area (Å²) in [6, 6.07) is -1.43. The molecule has 0 aromatic rings. The Labute approximate surface area is 136 Å². The Balaban J connectivity index is -0.000000295. The Morgan fingerprint density at radius 3 is 1.24 bits per heavy atom. The van der Waals surface area contributed by atoms with Crippen molar-refractivity contribution in [2.24, 2.45) is 22.9 Å². The molecule has 0 aliphatic heterocycles. The number of nitrogens with two attached hydrogens (primary N) is 4. The molecule has 0 aliphatic rings. The van der Waals surface area contributed by atoms with Gasteiger partial charge in [-0.25, -0.2) is 0 Å². The standard InChI is InChI=1S/2C6H14N2O2.Cu/c2*7-4-2-1-3-5(8)6(9)10;/h2*5H,1-4,7-8H2,(H,9,10);/t2*5-;/m00./s1. The topological polar surface area (TPSA) is 179 Å². The van der Waals surface area contributed by atoms with E-state index in [-0.39, 0.29) is 17.1 Å². The SMILES string of the molecule is NCCCC[C@H](N)C(=O)O.NCCCC[C@H](N)C(=O)O.[Cu]. The van der Waals surface area contributed by atoms with Crippen LogP contribution in [0.3, 0.4) is 0 Å². The second kappa shape index (κ2) is 17.4. The quantitative estimate of drug-likeness (QED) is 0.214. The summed E-state index contributed by atoms with van der Waals surface area (Å²) in [5.41, 5.74) is 20.8. The number of unbranched alkanes of at least 4 members (excludes halogenated alkanes) is 2. The van der Waals surface area contributed by atoms with Crippen LogP contribution in [0.15, 0.2) is 0 Å². The van der Waals surface area contributed by atoms with Gasteiger partial charge in [-0.1, -0.05) is 12.8 Å². The van der Waals surface area contributed by atoms with E-state index in [2.05, 4.69) is 0 Å². The molecule has 2 atom stereocenters. The van der Waals surface area contributed by atoms with Gasteiger partial charge in [0.15, 0.2) is 0 Å². The molecule has 0 unspecified atom stereocenters. The van der Waals surface area contributed by atoms with Gasteiger partial charge < -0.3 is 33.1 Å². The smallest absolute Gasteiger partial charge is 0.320 e. The van der Waals surface area contributed by atoms with Crippen LogP contribution in [0.25, 0.3) is 0 Å². The second-order valence-electron chi connectivity index (χ2n) is 4.46. The molecule has 0 saturated heterocycles. The molecule has 0 amide bonds. The second-order valence-corrected chi connectivity index (χ2v) is 4.46. The number of carboxylic acid groups (broad SMARTS) is 2. The Kier molecular flexibility index (Phi) is 20.9. The molecular weight excluding hydrogens is 328 g/mol. The molecule has 0 fully saturated rings. The third-order valence-electron chi connectivity index (χ3n) is 2.57. The maximum Gasteiger partial charge on any atom is 0.320 e. The molecule has 0 aromatic carbocycles. The van der Waals surface area contributed by atoms with Gasteiger partial charge in [-0.05, 0) is 38.8 Å². The average Bonchev–Trinajstić information content (AvgIpc) is 2.39. The van der Waals surface area contributed by atoms with Gasteiger partial charge in [0, 0.05) is 17.1 Å². The van der Waals surface area contributed by atoms with E-state index in [1.165, 1.54) is 0 Å². The van der Waals surface area contributed by atoms with E-state index in [0.29, 0.717) is 25.9 Å². The summed E-state index contributed by atoms with van der Waals surface area (Å²) in [5, 5.41) is 16.7. The first-order valence-electron chi connectivity index (χ1n) is 6.73. The van der Waals surface area contributed by atoms with E-state index in [9.17, 15) is 9.59 Å². The molecule has 10 N–H and O–H groups in total. The van der Waals surface area contributed by atoms with E-state index in [1.807, 2.05) is 0 Å². The third-order valence-corrected chi connectivity index (χ3v) is 2.57. The summed E-state index contributed by atoms with van der Waals surface area (Å²) in [6.45, 7) is 1.21. The Morgan fingerprint density at radius 2 is 1.05 bits per heavy atom. The summed E-state index contributed by atoms with van der Waals surface area (Å²) in [4.78, 5) is 20.3. The van der Waals surface area contributed by atoms with Crippen LogP contribution in [0, 0.1) is 0 Å². The molecule has 0 aliphatic carbocycles. The van der Waals surface area contributed by atoms with Crippen molar-refractivity contribution in [1.82, 2.24) is 0 Å². The number of hydrogen-bond acceptors (Lipinski definition) is 6. The van der Waals surface area contributed by atoms with Gasteiger partial charge in [0.05, 0.1) is 0 Å². The normalized spacial score (nSPS) is 12.4. The average molecular weight is 356 g/mol. The minimum absolute atomic E-state index is 0. The number of aliphatic carboxylic acids is 2. The van der Waals surface area contributed by atoms with Gasteiger partial charge in [0.1, 0.15) is 12.1 Å². The van der Waals surface area contributed by atoms with Crippen molar-refractivity contribution in [2.45, 2.75) is 50.6 Å². The van der Waals surface area contributed by atoms with Crippen molar-refractivity contribution in [2.75, 3.05) is 13.1 Å². The fraction of sp³-hybridized carbons (Fsp3) is 0.833. The van der Waals surface area contributed by atoms with Gasteiger partial charge in [0.2, 0.25) is 0 Å². The molecule has 0 heterocycles. The first-order valence-corrected chi connectivity index (χ1v) is 6.73. The van der Waals surface area contributed by atoms with Crippen LogP contribution in [-0.4, -0.2) is 47.3 Å². The van der Waals surface area contributed by atoms with Gasteiger partial charge in [-0.2, -0.15) is 0 Å². The van der Waals surface area contributed by atoms with Crippen molar-refractivity contribution >= 4 is 11.9 Å². The largest absolute Gasteiger partial charge is 0.480 e. The number of rotatable bonds is 10. The molecule has 0 aromatic heterocycles. The Bertz CT molecular complexity index is 244. The minimum Gasteiger partial charge on any atom is -0.480 e. The maximum atomic E-state index is 10.1. The zero-order valence-corrected chi connectivity index (χ0v) is 13.1. The monoisotopic (exact) mass is 355 g/mol. The summed E-state index contributed by atoms with van der Waals surface area (Å²) < 4.78 is 0. The molecule has 8 nitrogen and oxygen atoms in total. The zero-order chi connectivity index (χ0) is 16.0. The predicted molar refractivity (Wildman–Crippen MR) is 77.0 cm³/mol. The first-order chi connectivity index (χ1) is 9.36. The predicted octanol–water partition coefficient (Wildman–Crippen LogP) is -0.948. The molecule has 0 spiro atoms. The van der Waals surface area contributed by atoms with Crippen molar-refractivity contribution in [3.05, 3.63) is 0 Å². The fourth-order valence-electron chi connectivity index (χ4n) is 1.26. The molecular formula is C12H28CuN4O4. The van der Waals surface area contributed by atoms with E-state index >= 15 is 0 Å². The number of carbonyl (C=O) groups is 2. The van der Waals surface area contributed by atoms with Crippen LogP contribution in [0.5, 0.6) is 0 Å². The third kappa shape index (κ3) is 19.3. The Morgan fingerprint density at radius 1 is 0.762 bits per heavy atom. The van der Waals surface area contributed by atoms with Crippen molar-refractivity contribution in [1.29, 1.82) is 0 Å². The minimum atomic E-state index is -0.933. The number of hydrogen-bond donors (Lipinski definition) is 6. The van der Waals surface area contributed by atoms with Crippen LogP contribution in [0.2, 0.25) is 0 Å². The van der Waals surface area contributed by atoms with Gasteiger partial charge >= 0.3 is 11.9 Å². The van der Waals surface area contributed by atoms with Crippen LogP contribution in [0.1, 0.15) is 38.5 Å². The molecule has 9 heteroatoms. The molecule has 131 valence electrons.